The highest BCUT2D eigenvalue weighted by Gasteiger charge is 2.25. The highest BCUT2D eigenvalue weighted by molar-refractivity contribution is 6.02. The standard InChI is InChI=1S/C21H25NO8/c1-6-22-14-9-8-12(18(25)29-11-30-20(27)21(3,4)5)10-13(14)16(23)15(17(22)24)19(26)28-7-2/h8-10,23H,6-7,11H2,1-5H3. The molecule has 1 aromatic carbocycles. The maximum atomic E-state index is 12.6. The first kappa shape index (κ1) is 22.9. The number of aromatic hydroxyl groups is 1. The number of fused-ring (bicyclic) bond motifs is 1. The monoisotopic (exact) mass is 419 g/mol. The van der Waals surface area contributed by atoms with Crippen LogP contribution in [0.4, 0.5) is 0 Å². The molecule has 0 fully saturated rings. The van der Waals surface area contributed by atoms with Crippen LogP contribution in [0.25, 0.3) is 10.9 Å². The first-order chi connectivity index (χ1) is 14.0. The molecule has 1 aromatic heterocycles. The van der Waals surface area contributed by atoms with E-state index < -0.39 is 47.0 Å². The number of benzene rings is 1. The van der Waals surface area contributed by atoms with Crippen molar-refractivity contribution in [3.63, 3.8) is 0 Å². The number of rotatable bonds is 6. The number of carbonyl (C=O) groups excluding carboxylic acids is 3. The number of carbonyl (C=O) groups is 3. The van der Waals surface area contributed by atoms with E-state index >= 15 is 0 Å². The maximum absolute atomic E-state index is 12.6. The predicted octanol–water partition coefficient (Wildman–Crippen LogP) is 2.61. The Morgan fingerprint density at radius 1 is 1.03 bits per heavy atom. The summed E-state index contributed by atoms with van der Waals surface area (Å²) in [7, 11) is 0. The van der Waals surface area contributed by atoms with Gasteiger partial charge in [-0.25, -0.2) is 9.59 Å². The summed E-state index contributed by atoms with van der Waals surface area (Å²) in [5.41, 5.74) is -1.56. The highest BCUT2D eigenvalue weighted by atomic mass is 16.7. The van der Waals surface area contributed by atoms with Gasteiger partial charge in [-0.2, -0.15) is 0 Å². The summed E-state index contributed by atoms with van der Waals surface area (Å²) in [4.78, 5) is 48.8. The Balaban J connectivity index is 2.41. The Morgan fingerprint density at radius 2 is 1.70 bits per heavy atom. The lowest BCUT2D eigenvalue weighted by Gasteiger charge is -2.16. The smallest absolute Gasteiger partial charge is 0.347 e. The summed E-state index contributed by atoms with van der Waals surface area (Å²) in [6.45, 7) is 7.97. The van der Waals surface area contributed by atoms with Crippen molar-refractivity contribution in [1.29, 1.82) is 0 Å². The molecule has 0 bridgehead atoms. The van der Waals surface area contributed by atoms with Gasteiger partial charge < -0.3 is 23.9 Å². The largest absolute Gasteiger partial charge is 0.506 e. The third kappa shape index (κ3) is 4.61. The molecule has 0 atom stereocenters. The molecule has 2 rings (SSSR count). The lowest BCUT2D eigenvalue weighted by molar-refractivity contribution is -0.161. The zero-order chi connectivity index (χ0) is 22.6. The number of aryl methyl sites for hydroxylation is 1. The molecule has 30 heavy (non-hydrogen) atoms. The van der Waals surface area contributed by atoms with Gasteiger partial charge in [0.15, 0.2) is 5.56 Å². The van der Waals surface area contributed by atoms with Crippen LogP contribution in [0.1, 0.15) is 55.3 Å². The van der Waals surface area contributed by atoms with Crippen molar-refractivity contribution < 1.29 is 33.7 Å². The van der Waals surface area contributed by atoms with Gasteiger partial charge in [-0.15, -0.1) is 0 Å². The summed E-state index contributed by atoms with van der Waals surface area (Å²) < 4.78 is 16.0. The van der Waals surface area contributed by atoms with Gasteiger partial charge >= 0.3 is 17.9 Å². The molecule has 2 aromatic rings. The second kappa shape index (κ2) is 8.98. The second-order valence-electron chi connectivity index (χ2n) is 7.46. The van der Waals surface area contributed by atoms with Gasteiger partial charge in [0.1, 0.15) is 5.75 Å². The van der Waals surface area contributed by atoms with Gasteiger partial charge in [0.25, 0.3) is 5.56 Å². The third-order valence-corrected chi connectivity index (χ3v) is 4.26. The fraction of sp³-hybridized carbons (Fsp3) is 0.429. The van der Waals surface area contributed by atoms with Crippen molar-refractivity contribution in [2.45, 2.75) is 41.2 Å². The SMILES string of the molecule is CCOC(=O)c1c(O)c2cc(C(=O)OCOC(=O)C(C)(C)C)ccc2n(CC)c1=O. The molecule has 1 heterocycles. The average molecular weight is 419 g/mol. The Bertz CT molecular complexity index is 1050. The lowest BCUT2D eigenvalue weighted by atomic mass is 9.98. The Hall–Kier alpha value is -3.36. The lowest BCUT2D eigenvalue weighted by Crippen LogP contribution is -2.27. The van der Waals surface area contributed by atoms with E-state index in [2.05, 4.69) is 0 Å². The van der Waals surface area contributed by atoms with Crippen LogP contribution in [0.2, 0.25) is 0 Å². The minimum atomic E-state index is -0.953. The normalized spacial score (nSPS) is 11.2. The van der Waals surface area contributed by atoms with E-state index in [0.29, 0.717) is 5.52 Å². The minimum absolute atomic E-state index is 0.0293. The molecule has 0 amide bonds. The molecule has 0 unspecified atom stereocenters. The number of ether oxygens (including phenoxy) is 3. The predicted molar refractivity (Wildman–Crippen MR) is 107 cm³/mol. The van der Waals surface area contributed by atoms with Crippen molar-refractivity contribution in [3.8, 4) is 5.75 Å². The van der Waals surface area contributed by atoms with Gasteiger partial charge in [0, 0.05) is 11.9 Å². The molecule has 9 nitrogen and oxygen atoms in total. The van der Waals surface area contributed by atoms with Crippen LogP contribution >= 0.6 is 0 Å². The highest BCUT2D eigenvalue weighted by Crippen LogP contribution is 2.28. The van der Waals surface area contributed by atoms with Crippen molar-refractivity contribution in [2.24, 2.45) is 5.41 Å². The molecular weight excluding hydrogens is 394 g/mol. The van der Waals surface area contributed by atoms with Crippen molar-refractivity contribution in [3.05, 3.63) is 39.7 Å². The summed E-state index contributed by atoms with van der Waals surface area (Å²) in [5, 5.41) is 10.7. The van der Waals surface area contributed by atoms with E-state index in [-0.39, 0.29) is 24.1 Å². The number of nitrogens with zero attached hydrogens (tertiary/aromatic N) is 1. The average Bonchev–Trinajstić information content (AvgIpc) is 2.67. The van der Waals surface area contributed by atoms with Crippen LogP contribution in [-0.4, -0.2) is 41.0 Å². The number of pyridine rings is 1. The molecule has 0 aliphatic rings. The molecule has 0 saturated carbocycles. The second-order valence-corrected chi connectivity index (χ2v) is 7.46. The maximum Gasteiger partial charge on any atom is 0.347 e. The van der Waals surface area contributed by atoms with Crippen LogP contribution in [-0.2, 0) is 25.5 Å². The molecule has 0 aliphatic carbocycles. The van der Waals surface area contributed by atoms with Crippen LogP contribution in [0, 0.1) is 5.41 Å². The van der Waals surface area contributed by atoms with Gasteiger partial charge in [-0.3, -0.25) is 9.59 Å². The van der Waals surface area contributed by atoms with E-state index in [1.54, 1.807) is 34.6 Å². The van der Waals surface area contributed by atoms with Crippen LogP contribution in [0.15, 0.2) is 23.0 Å². The van der Waals surface area contributed by atoms with Gasteiger partial charge in [0.05, 0.1) is 23.1 Å². The summed E-state index contributed by atoms with van der Waals surface area (Å²) in [6.07, 6.45) is 0. The number of esters is 3. The van der Waals surface area contributed by atoms with E-state index in [1.165, 1.54) is 22.8 Å². The molecule has 0 saturated heterocycles. The van der Waals surface area contributed by atoms with Crippen molar-refractivity contribution in [1.82, 2.24) is 4.57 Å². The number of hydrogen-bond donors (Lipinski definition) is 1. The van der Waals surface area contributed by atoms with Crippen LogP contribution in [0.3, 0.4) is 0 Å². The topological polar surface area (TPSA) is 121 Å². The molecule has 1 N–H and O–H groups in total. The first-order valence-electron chi connectivity index (χ1n) is 9.43. The summed E-state index contributed by atoms with van der Waals surface area (Å²) in [5.74, 6) is -2.86. The molecule has 162 valence electrons. The quantitative estimate of drug-likeness (QED) is 0.560. The fourth-order valence-electron chi connectivity index (χ4n) is 2.71. The zero-order valence-electron chi connectivity index (χ0n) is 17.6. The van der Waals surface area contributed by atoms with Crippen LogP contribution in [0.5, 0.6) is 5.75 Å². The molecular formula is C21H25NO8. The Morgan fingerprint density at radius 3 is 2.27 bits per heavy atom. The zero-order valence-corrected chi connectivity index (χ0v) is 17.6. The van der Waals surface area contributed by atoms with E-state index in [9.17, 15) is 24.3 Å². The first-order valence-corrected chi connectivity index (χ1v) is 9.43. The summed E-state index contributed by atoms with van der Waals surface area (Å²) in [6, 6.07) is 4.17. The van der Waals surface area contributed by atoms with Gasteiger partial charge in [-0.1, -0.05) is 0 Å². The van der Waals surface area contributed by atoms with Crippen molar-refractivity contribution in [2.75, 3.05) is 13.4 Å². The molecule has 0 radical (unpaired) electrons. The van der Waals surface area contributed by atoms with Crippen molar-refractivity contribution >= 4 is 28.8 Å². The Labute approximate surface area is 173 Å². The van der Waals surface area contributed by atoms with E-state index in [4.69, 9.17) is 14.2 Å². The van der Waals surface area contributed by atoms with E-state index in [0.717, 1.165) is 0 Å². The third-order valence-electron chi connectivity index (χ3n) is 4.26. The molecule has 0 aliphatic heterocycles. The molecule has 0 spiro atoms. The fourth-order valence-corrected chi connectivity index (χ4v) is 2.71. The van der Waals surface area contributed by atoms with Crippen LogP contribution < -0.4 is 5.56 Å². The number of aromatic nitrogens is 1. The minimum Gasteiger partial charge on any atom is -0.506 e. The van der Waals surface area contributed by atoms with Gasteiger partial charge in [0.2, 0.25) is 6.79 Å². The van der Waals surface area contributed by atoms with Gasteiger partial charge in [-0.05, 0) is 52.8 Å². The Kier molecular flexibility index (Phi) is 6.86. The summed E-state index contributed by atoms with van der Waals surface area (Å²) >= 11 is 0. The number of hydrogen-bond acceptors (Lipinski definition) is 8. The van der Waals surface area contributed by atoms with E-state index in [1.807, 2.05) is 0 Å². The molecule has 9 heteroatoms.